The minimum atomic E-state index is -0.247. The number of carbonyl (C=O) groups is 1. The Labute approximate surface area is 183 Å². The minimum Gasteiger partial charge on any atom is -0.466 e. The number of ether oxygens (including phenoxy) is 1. The van der Waals surface area contributed by atoms with Crippen molar-refractivity contribution < 1.29 is 19.7 Å². The summed E-state index contributed by atoms with van der Waals surface area (Å²) in [6, 6.07) is 0. The van der Waals surface area contributed by atoms with Crippen molar-refractivity contribution in [2.75, 3.05) is 6.61 Å². The Balaban J connectivity index is 1.50. The first-order valence-electron chi connectivity index (χ1n) is 12.7. The van der Waals surface area contributed by atoms with Gasteiger partial charge in [0.15, 0.2) is 0 Å². The molecule has 0 spiro atoms. The fourth-order valence-electron chi connectivity index (χ4n) is 8.94. The van der Waals surface area contributed by atoms with Gasteiger partial charge in [-0.05, 0) is 111 Å². The number of hydrogen-bond donors (Lipinski definition) is 2. The highest BCUT2D eigenvalue weighted by Crippen LogP contribution is 2.68. The topological polar surface area (TPSA) is 66.8 Å². The van der Waals surface area contributed by atoms with E-state index in [9.17, 15) is 15.0 Å². The third kappa shape index (κ3) is 3.54. The first-order valence-corrected chi connectivity index (χ1v) is 12.7. The molecule has 0 unspecified atom stereocenters. The van der Waals surface area contributed by atoms with E-state index in [2.05, 4.69) is 20.8 Å². The third-order valence-electron chi connectivity index (χ3n) is 10.6. The molecule has 0 aliphatic heterocycles. The van der Waals surface area contributed by atoms with Gasteiger partial charge in [0.1, 0.15) is 0 Å². The van der Waals surface area contributed by atoms with Crippen LogP contribution in [0.5, 0.6) is 0 Å². The van der Waals surface area contributed by atoms with Gasteiger partial charge >= 0.3 is 5.97 Å². The molecule has 4 rings (SSSR count). The molecular weight excluding hydrogens is 376 g/mol. The number of hydrogen-bond acceptors (Lipinski definition) is 4. The maximum absolute atomic E-state index is 11.9. The summed E-state index contributed by atoms with van der Waals surface area (Å²) >= 11 is 0. The zero-order chi connectivity index (χ0) is 21.7. The van der Waals surface area contributed by atoms with Gasteiger partial charge in [0.25, 0.3) is 0 Å². The summed E-state index contributed by atoms with van der Waals surface area (Å²) < 4.78 is 5.14. The molecule has 4 aliphatic rings. The van der Waals surface area contributed by atoms with Crippen molar-refractivity contribution in [3.63, 3.8) is 0 Å². The molecule has 172 valence electrons. The SMILES string of the molecule is CCOC(=O)CC[C@@H](C)[C@H]1CC[C@@H]2[C@@H]3CC[C@H]4C[C@H](O)CC[C@]4(C)[C@H]3C[C@H](O)[C@@]21C. The van der Waals surface area contributed by atoms with Gasteiger partial charge < -0.3 is 14.9 Å². The Morgan fingerprint density at radius 3 is 2.57 bits per heavy atom. The molecule has 0 aromatic heterocycles. The van der Waals surface area contributed by atoms with Crippen LogP contribution in [0.25, 0.3) is 0 Å². The van der Waals surface area contributed by atoms with Crippen molar-refractivity contribution in [3.05, 3.63) is 0 Å². The van der Waals surface area contributed by atoms with Crippen molar-refractivity contribution in [3.8, 4) is 0 Å². The number of fused-ring (bicyclic) bond motifs is 5. The number of aliphatic hydroxyl groups excluding tert-OH is 2. The minimum absolute atomic E-state index is 0.0212. The molecule has 0 radical (unpaired) electrons. The summed E-state index contributed by atoms with van der Waals surface area (Å²) in [5.41, 5.74) is 0.269. The van der Waals surface area contributed by atoms with E-state index in [1.807, 2.05) is 6.92 Å². The van der Waals surface area contributed by atoms with Crippen molar-refractivity contribution in [2.24, 2.45) is 46.3 Å². The predicted molar refractivity (Wildman–Crippen MR) is 118 cm³/mol. The molecule has 0 saturated heterocycles. The zero-order valence-electron chi connectivity index (χ0n) is 19.6. The van der Waals surface area contributed by atoms with Crippen LogP contribution in [0.15, 0.2) is 0 Å². The average molecular weight is 421 g/mol. The molecule has 4 aliphatic carbocycles. The molecule has 0 aromatic rings. The van der Waals surface area contributed by atoms with Crippen LogP contribution in [0.1, 0.15) is 91.9 Å². The zero-order valence-corrected chi connectivity index (χ0v) is 19.6. The van der Waals surface area contributed by atoms with Gasteiger partial charge in [-0.1, -0.05) is 20.8 Å². The second kappa shape index (κ2) is 8.39. The van der Waals surface area contributed by atoms with E-state index in [-0.39, 0.29) is 29.0 Å². The van der Waals surface area contributed by atoms with Crippen LogP contribution < -0.4 is 0 Å². The number of aliphatic hydroxyl groups is 2. The quantitative estimate of drug-likeness (QED) is 0.617. The smallest absolute Gasteiger partial charge is 0.305 e. The summed E-state index contributed by atoms with van der Waals surface area (Å²) in [6.45, 7) is 9.45. The molecular formula is C26H44O4. The highest BCUT2D eigenvalue weighted by atomic mass is 16.5. The maximum atomic E-state index is 11.9. The monoisotopic (exact) mass is 420 g/mol. The molecule has 0 heterocycles. The van der Waals surface area contributed by atoms with E-state index in [0.717, 1.165) is 38.0 Å². The van der Waals surface area contributed by atoms with Crippen LogP contribution >= 0.6 is 0 Å². The first-order chi connectivity index (χ1) is 14.2. The summed E-state index contributed by atoms with van der Waals surface area (Å²) in [5.74, 6) is 3.39. The molecule has 2 N–H and O–H groups in total. The standard InChI is InChI=1S/C26H44O4/c1-5-30-24(29)11-6-16(2)20-9-10-21-19-8-7-17-14-18(27)12-13-25(17,3)22(19)15-23(28)26(20,21)4/h16-23,27-28H,5-15H2,1-4H3/t16-,17+,18-,19+,20-,21-,22+,23+,25+,26-/m1/s1. The fourth-order valence-corrected chi connectivity index (χ4v) is 8.94. The van der Waals surface area contributed by atoms with Gasteiger partial charge in [-0.3, -0.25) is 4.79 Å². The summed E-state index contributed by atoms with van der Waals surface area (Å²) in [5, 5.41) is 21.8. The van der Waals surface area contributed by atoms with Gasteiger partial charge in [0, 0.05) is 6.42 Å². The Kier molecular flexibility index (Phi) is 6.31. The molecule has 0 amide bonds. The molecule has 4 nitrogen and oxygen atoms in total. The van der Waals surface area contributed by atoms with Crippen LogP contribution in [0, 0.1) is 46.3 Å². The van der Waals surface area contributed by atoms with E-state index < -0.39 is 0 Å². The van der Waals surface area contributed by atoms with Gasteiger partial charge in [-0.25, -0.2) is 0 Å². The van der Waals surface area contributed by atoms with Crippen molar-refractivity contribution in [2.45, 2.75) is 104 Å². The second-order valence-corrected chi connectivity index (χ2v) is 11.7. The largest absolute Gasteiger partial charge is 0.466 e. The highest BCUT2D eigenvalue weighted by molar-refractivity contribution is 5.69. The summed E-state index contributed by atoms with van der Waals surface area (Å²) in [7, 11) is 0. The Bertz CT molecular complexity index is 635. The first kappa shape index (κ1) is 22.6. The lowest BCUT2D eigenvalue weighted by Crippen LogP contribution is -2.58. The summed E-state index contributed by atoms with van der Waals surface area (Å²) in [6.07, 6.45) is 9.88. The predicted octanol–water partition coefficient (Wildman–Crippen LogP) is 4.96. The molecule has 4 saturated carbocycles. The van der Waals surface area contributed by atoms with Crippen molar-refractivity contribution in [1.29, 1.82) is 0 Å². The lowest BCUT2D eigenvalue weighted by atomic mass is 9.43. The van der Waals surface area contributed by atoms with E-state index in [0.29, 0.717) is 42.6 Å². The van der Waals surface area contributed by atoms with Crippen molar-refractivity contribution in [1.82, 2.24) is 0 Å². The number of carbonyl (C=O) groups excluding carboxylic acids is 1. The fraction of sp³-hybridized carbons (Fsp3) is 0.962. The van der Waals surface area contributed by atoms with Crippen LogP contribution in [0.3, 0.4) is 0 Å². The van der Waals surface area contributed by atoms with E-state index >= 15 is 0 Å². The molecule has 0 aromatic carbocycles. The van der Waals surface area contributed by atoms with E-state index in [1.54, 1.807) is 0 Å². The van der Waals surface area contributed by atoms with Crippen LogP contribution in [-0.2, 0) is 9.53 Å². The number of esters is 1. The average Bonchev–Trinajstić information content (AvgIpc) is 3.07. The third-order valence-corrected chi connectivity index (χ3v) is 10.6. The van der Waals surface area contributed by atoms with Crippen LogP contribution in [-0.4, -0.2) is 35.0 Å². The normalized spacial score (nSPS) is 48.9. The Morgan fingerprint density at radius 2 is 1.83 bits per heavy atom. The highest BCUT2D eigenvalue weighted by Gasteiger charge is 2.63. The van der Waals surface area contributed by atoms with Gasteiger partial charge in [0.05, 0.1) is 18.8 Å². The Hall–Kier alpha value is -0.610. The molecule has 4 fully saturated rings. The molecule has 10 atom stereocenters. The van der Waals surface area contributed by atoms with Crippen LogP contribution in [0.2, 0.25) is 0 Å². The van der Waals surface area contributed by atoms with Crippen LogP contribution in [0.4, 0.5) is 0 Å². The van der Waals surface area contributed by atoms with Gasteiger partial charge in [-0.2, -0.15) is 0 Å². The molecule has 0 bridgehead atoms. The van der Waals surface area contributed by atoms with Gasteiger partial charge in [-0.15, -0.1) is 0 Å². The second-order valence-electron chi connectivity index (χ2n) is 11.7. The Morgan fingerprint density at radius 1 is 1.07 bits per heavy atom. The summed E-state index contributed by atoms with van der Waals surface area (Å²) in [4.78, 5) is 11.9. The van der Waals surface area contributed by atoms with Crippen molar-refractivity contribution >= 4 is 5.97 Å². The van der Waals surface area contributed by atoms with E-state index in [1.165, 1.54) is 25.7 Å². The molecule has 30 heavy (non-hydrogen) atoms. The maximum Gasteiger partial charge on any atom is 0.305 e. The lowest BCUT2D eigenvalue weighted by Gasteiger charge is -2.62. The number of rotatable bonds is 5. The molecule has 4 heteroatoms. The van der Waals surface area contributed by atoms with Gasteiger partial charge in [0.2, 0.25) is 0 Å². The van der Waals surface area contributed by atoms with E-state index in [4.69, 9.17) is 4.74 Å². The lowest BCUT2D eigenvalue weighted by molar-refractivity contribution is -0.175.